The van der Waals surface area contributed by atoms with Gasteiger partial charge in [-0.05, 0) is 73.5 Å². The third-order valence-electron chi connectivity index (χ3n) is 7.54. The fourth-order valence-corrected chi connectivity index (χ4v) is 5.80. The molecular formula is C36H27NO3. The minimum Gasteiger partial charge on any atom is -0.497 e. The number of ether oxygens (including phenoxy) is 2. The molecule has 4 heteroatoms. The van der Waals surface area contributed by atoms with Crippen LogP contribution in [0.15, 0.2) is 114 Å². The van der Waals surface area contributed by atoms with Gasteiger partial charge >= 0.3 is 0 Å². The van der Waals surface area contributed by atoms with Crippen LogP contribution in [0.25, 0.3) is 49.6 Å². The first-order valence-electron chi connectivity index (χ1n) is 13.3. The van der Waals surface area contributed by atoms with E-state index in [1.807, 2.05) is 54.6 Å². The van der Waals surface area contributed by atoms with Gasteiger partial charge in [-0.1, -0.05) is 71.8 Å². The van der Waals surface area contributed by atoms with Crippen LogP contribution in [-0.4, -0.2) is 11.5 Å². The van der Waals surface area contributed by atoms with Gasteiger partial charge in [-0.25, -0.2) is 0 Å². The standard InChI is InChI=1S/C36H27NO3/c1-22-9-7-11-24(17-22)32-33-35-27(21-31(36(33)38)40-28-13-5-4-6-14-28)19-26-20-29(39-3)15-16-30(26)37(35)34(32)25-12-8-10-23(2)18-25/h4-21H,1-3H3. The Morgan fingerprint density at radius 1 is 0.650 bits per heavy atom. The monoisotopic (exact) mass is 521 g/mol. The zero-order chi connectivity index (χ0) is 27.4. The normalized spacial score (nSPS) is 11.5. The zero-order valence-corrected chi connectivity index (χ0v) is 22.6. The van der Waals surface area contributed by atoms with Gasteiger partial charge in [-0.3, -0.25) is 4.79 Å². The molecule has 7 aromatic rings. The summed E-state index contributed by atoms with van der Waals surface area (Å²) in [6.45, 7) is 4.17. The molecule has 4 nitrogen and oxygen atoms in total. The molecule has 2 aromatic heterocycles. The molecular weight excluding hydrogens is 494 g/mol. The third kappa shape index (κ3) is 3.80. The first kappa shape index (κ1) is 24.0. The van der Waals surface area contributed by atoms with Gasteiger partial charge in [-0.2, -0.15) is 0 Å². The van der Waals surface area contributed by atoms with E-state index in [1.54, 1.807) is 7.11 Å². The number of benzene rings is 5. The van der Waals surface area contributed by atoms with Gasteiger partial charge in [0.1, 0.15) is 11.5 Å². The number of aromatic nitrogens is 1. The maximum Gasteiger partial charge on any atom is 0.231 e. The number of fused-ring (bicyclic) bond motifs is 2. The summed E-state index contributed by atoms with van der Waals surface area (Å²) >= 11 is 0. The second-order valence-electron chi connectivity index (χ2n) is 10.3. The maximum absolute atomic E-state index is 14.4. The van der Waals surface area contributed by atoms with Crippen LogP contribution in [0.1, 0.15) is 11.1 Å². The molecule has 0 radical (unpaired) electrons. The Balaban J connectivity index is 1.71. The molecule has 0 atom stereocenters. The second-order valence-corrected chi connectivity index (χ2v) is 10.3. The number of hydrogen-bond acceptors (Lipinski definition) is 3. The second kappa shape index (κ2) is 9.28. The van der Waals surface area contributed by atoms with Crippen molar-refractivity contribution in [1.29, 1.82) is 0 Å². The van der Waals surface area contributed by atoms with Crippen LogP contribution in [0.4, 0.5) is 0 Å². The van der Waals surface area contributed by atoms with Crippen molar-refractivity contribution in [1.82, 2.24) is 4.40 Å². The molecule has 2 heterocycles. The summed E-state index contributed by atoms with van der Waals surface area (Å²) in [6.07, 6.45) is 0. The van der Waals surface area contributed by atoms with Crippen molar-refractivity contribution < 1.29 is 9.47 Å². The molecule has 0 unspecified atom stereocenters. The molecule has 0 N–H and O–H groups in total. The molecule has 0 aliphatic rings. The van der Waals surface area contributed by atoms with E-state index >= 15 is 0 Å². The Labute approximate surface area is 232 Å². The van der Waals surface area contributed by atoms with E-state index in [-0.39, 0.29) is 5.43 Å². The van der Waals surface area contributed by atoms with Crippen LogP contribution in [0.2, 0.25) is 0 Å². The van der Waals surface area contributed by atoms with E-state index in [0.717, 1.165) is 61.1 Å². The molecule has 40 heavy (non-hydrogen) atoms. The summed E-state index contributed by atoms with van der Waals surface area (Å²) in [5.41, 5.74) is 7.98. The average Bonchev–Trinajstić information content (AvgIpc) is 3.33. The Morgan fingerprint density at radius 3 is 2.10 bits per heavy atom. The Morgan fingerprint density at radius 2 is 1.38 bits per heavy atom. The first-order chi connectivity index (χ1) is 19.5. The highest BCUT2D eigenvalue weighted by atomic mass is 16.5. The molecule has 0 saturated heterocycles. The summed E-state index contributed by atoms with van der Waals surface area (Å²) in [5.74, 6) is 1.71. The Kier molecular flexibility index (Phi) is 5.56. The SMILES string of the molecule is COc1ccc2c(c1)cc1cc(Oc3ccccc3)c(=O)c3c(-c4cccc(C)c4)c(-c4cccc(C)c4)n2c13. The number of rotatable bonds is 5. The van der Waals surface area contributed by atoms with E-state index < -0.39 is 0 Å². The number of pyridine rings is 1. The van der Waals surface area contributed by atoms with Gasteiger partial charge < -0.3 is 13.9 Å². The minimum absolute atomic E-state index is 0.128. The topological polar surface area (TPSA) is 39.9 Å². The van der Waals surface area contributed by atoms with Gasteiger partial charge in [0.2, 0.25) is 5.43 Å². The van der Waals surface area contributed by atoms with Crippen molar-refractivity contribution in [3.8, 4) is 39.6 Å². The average molecular weight is 522 g/mol. The summed E-state index contributed by atoms with van der Waals surface area (Å²) in [6, 6.07) is 36.4. The van der Waals surface area contributed by atoms with Crippen LogP contribution < -0.4 is 14.9 Å². The van der Waals surface area contributed by atoms with Gasteiger partial charge in [0.15, 0.2) is 5.75 Å². The van der Waals surface area contributed by atoms with Crippen molar-refractivity contribution in [3.05, 3.63) is 131 Å². The molecule has 0 bridgehead atoms. The number of para-hydroxylation sites is 1. The molecule has 0 spiro atoms. The first-order valence-corrected chi connectivity index (χ1v) is 13.3. The van der Waals surface area contributed by atoms with E-state index in [2.05, 4.69) is 72.8 Å². The lowest BCUT2D eigenvalue weighted by Crippen LogP contribution is -2.06. The molecule has 5 aromatic carbocycles. The van der Waals surface area contributed by atoms with Crippen molar-refractivity contribution in [3.63, 3.8) is 0 Å². The van der Waals surface area contributed by atoms with E-state index in [1.165, 1.54) is 0 Å². The Hall–Kier alpha value is -5.09. The zero-order valence-electron chi connectivity index (χ0n) is 22.6. The summed E-state index contributed by atoms with van der Waals surface area (Å²) < 4.78 is 14.1. The van der Waals surface area contributed by atoms with Gasteiger partial charge in [0.05, 0.1) is 29.2 Å². The van der Waals surface area contributed by atoms with Crippen LogP contribution >= 0.6 is 0 Å². The van der Waals surface area contributed by atoms with E-state index in [4.69, 9.17) is 9.47 Å². The third-order valence-corrected chi connectivity index (χ3v) is 7.54. The molecule has 0 aliphatic carbocycles. The predicted molar refractivity (Wildman–Crippen MR) is 163 cm³/mol. The van der Waals surface area contributed by atoms with Crippen molar-refractivity contribution in [2.24, 2.45) is 0 Å². The van der Waals surface area contributed by atoms with E-state index in [0.29, 0.717) is 16.9 Å². The summed E-state index contributed by atoms with van der Waals surface area (Å²) in [5, 5.41) is 2.59. The van der Waals surface area contributed by atoms with Crippen LogP contribution in [0.3, 0.4) is 0 Å². The Bertz CT molecular complexity index is 2110. The highest BCUT2D eigenvalue weighted by Gasteiger charge is 2.26. The summed E-state index contributed by atoms with van der Waals surface area (Å²) in [7, 11) is 1.68. The van der Waals surface area contributed by atoms with Gasteiger partial charge in [0.25, 0.3) is 0 Å². The quantitative estimate of drug-likeness (QED) is 0.213. The fraction of sp³-hybridized carbons (Fsp3) is 0.0833. The van der Waals surface area contributed by atoms with Gasteiger partial charge in [-0.15, -0.1) is 0 Å². The van der Waals surface area contributed by atoms with Crippen LogP contribution in [0, 0.1) is 13.8 Å². The molecule has 0 saturated carbocycles. The van der Waals surface area contributed by atoms with Crippen molar-refractivity contribution in [2.75, 3.05) is 7.11 Å². The van der Waals surface area contributed by atoms with Crippen molar-refractivity contribution in [2.45, 2.75) is 13.8 Å². The lowest BCUT2D eigenvalue weighted by atomic mass is 9.96. The predicted octanol–water partition coefficient (Wildman–Crippen LogP) is 8.80. The molecule has 0 amide bonds. The smallest absolute Gasteiger partial charge is 0.231 e. The number of hydrogen-bond donors (Lipinski definition) is 0. The molecule has 7 rings (SSSR count). The number of methoxy groups -OCH3 is 1. The lowest BCUT2D eigenvalue weighted by molar-refractivity contribution is 0.415. The largest absolute Gasteiger partial charge is 0.497 e. The molecule has 0 aliphatic heterocycles. The minimum atomic E-state index is -0.128. The summed E-state index contributed by atoms with van der Waals surface area (Å²) in [4.78, 5) is 14.4. The molecule has 0 fully saturated rings. The van der Waals surface area contributed by atoms with Crippen LogP contribution in [-0.2, 0) is 0 Å². The highest BCUT2D eigenvalue weighted by Crippen LogP contribution is 2.44. The van der Waals surface area contributed by atoms with Crippen LogP contribution in [0.5, 0.6) is 17.2 Å². The van der Waals surface area contributed by atoms with Crippen molar-refractivity contribution >= 4 is 27.2 Å². The van der Waals surface area contributed by atoms with E-state index in [9.17, 15) is 4.79 Å². The number of nitrogens with zero attached hydrogens (tertiary/aromatic N) is 1. The number of aryl methyl sites for hydroxylation is 2. The maximum atomic E-state index is 14.4. The highest BCUT2D eigenvalue weighted by molar-refractivity contribution is 6.15. The lowest BCUT2D eigenvalue weighted by Gasteiger charge is -2.13. The van der Waals surface area contributed by atoms with Gasteiger partial charge in [0, 0.05) is 16.3 Å². The molecule has 194 valence electrons. The fourth-order valence-electron chi connectivity index (χ4n) is 5.80.